The summed E-state index contributed by atoms with van der Waals surface area (Å²) in [4.78, 5) is 30.8. The summed E-state index contributed by atoms with van der Waals surface area (Å²) >= 11 is 0. The van der Waals surface area contributed by atoms with Crippen molar-refractivity contribution in [2.24, 2.45) is 0 Å². The number of para-hydroxylation sites is 1. The number of rotatable bonds is 8. The van der Waals surface area contributed by atoms with Gasteiger partial charge in [-0.25, -0.2) is 0 Å². The molecule has 1 aromatic heterocycles. The second-order valence-electron chi connectivity index (χ2n) is 7.34. The maximum Gasteiger partial charge on any atom is 0.253 e. The molecule has 6 heteroatoms. The van der Waals surface area contributed by atoms with Crippen molar-refractivity contribution in [3.63, 3.8) is 0 Å². The molecular formula is C22H30N4O2. The Balaban J connectivity index is 1.72. The Bertz CT molecular complexity index is 867. The molecule has 6 nitrogen and oxygen atoms in total. The van der Waals surface area contributed by atoms with Crippen molar-refractivity contribution in [1.29, 1.82) is 0 Å². The third-order valence-electron chi connectivity index (χ3n) is 5.69. The molecule has 0 saturated carbocycles. The Kier molecular flexibility index (Phi) is 6.19. The first-order chi connectivity index (χ1) is 13.5. The SMILES string of the molecule is CCN(CC)CCNC(=O)c1c(C)[nH]c(CC2C(=O)Nc3ccccc32)c1C. The van der Waals surface area contributed by atoms with Crippen molar-refractivity contribution >= 4 is 17.5 Å². The van der Waals surface area contributed by atoms with E-state index in [-0.39, 0.29) is 17.7 Å². The summed E-state index contributed by atoms with van der Waals surface area (Å²) in [6.45, 7) is 11.5. The smallest absolute Gasteiger partial charge is 0.253 e. The first-order valence-corrected chi connectivity index (χ1v) is 10.0. The van der Waals surface area contributed by atoms with E-state index in [1.54, 1.807) is 0 Å². The van der Waals surface area contributed by atoms with Crippen LogP contribution in [-0.2, 0) is 11.2 Å². The first kappa shape index (κ1) is 20.1. The summed E-state index contributed by atoms with van der Waals surface area (Å²) in [5.41, 5.74) is 5.32. The molecule has 0 saturated heterocycles. The van der Waals surface area contributed by atoms with Gasteiger partial charge in [0.15, 0.2) is 0 Å². The van der Waals surface area contributed by atoms with Gasteiger partial charge in [-0.1, -0.05) is 32.0 Å². The highest BCUT2D eigenvalue weighted by Gasteiger charge is 2.31. The molecule has 0 radical (unpaired) electrons. The molecule has 1 atom stereocenters. The van der Waals surface area contributed by atoms with Crippen molar-refractivity contribution in [3.8, 4) is 0 Å². The number of anilines is 1. The van der Waals surface area contributed by atoms with Crippen molar-refractivity contribution in [2.75, 3.05) is 31.5 Å². The topological polar surface area (TPSA) is 77.2 Å². The molecular weight excluding hydrogens is 352 g/mol. The predicted molar refractivity (Wildman–Crippen MR) is 112 cm³/mol. The number of carbonyl (C=O) groups is 2. The average Bonchev–Trinajstić information content (AvgIpc) is 3.14. The predicted octanol–water partition coefficient (Wildman–Crippen LogP) is 2.98. The van der Waals surface area contributed by atoms with Crippen LogP contribution in [-0.4, -0.2) is 47.9 Å². The van der Waals surface area contributed by atoms with Gasteiger partial charge in [0.1, 0.15) is 0 Å². The Labute approximate surface area is 166 Å². The van der Waals surface area contributed by atoms with E-state index in [4.69, 9.17) is 0 Å². The number of benzene rings is 1. The number of aromatic nitrogens is 1. The molecule has 0 fully saturated rings. The summed E-state index contributed by atoms with van der Waals surface area (Å²) in [5, 5.41) is 5.98. The molecule has 1 aliphatic heterocycles. The van der Waals surface area contributed by atoms with E-state index in [9.17, 15) is 9.59 Å². The Hall–Kier alpha value is -2.60. The van der Waals surface area contributed by atoms with Crippen molar-refractivity contribution in [2.45, 2.75) is 40.0 Å². The summed E-state index contributed by atoms with van der Waals surface area (Å²) in [7, 11) is 0. The number of nitrogens with one attached hydrogen (secondary N) is 3. The van der Waals surface area contributed by atoms with Gasteiger partial charge in [-0.2, -0.15) is 0 Å². The standard InChI is InChI=1S/C22H30N4O2/c1-5-26(6-2)12-11-23-22(28)20-14(3)19(24-15(20)4)13-17-16-9-7-8-10-18(16)25-21(17)27/h7-10,17,24H,5-6,11-13H2,1-4H3,(H,23,28)(H,25,27). The summed E-state index contributed by atoms with van der Waals surface area (Å²) in [5.74, 6) is -0.273. The van der Waals surface area contributed by atoms with Gasteiger partial charge in [0.2, 0.25) is 5.91 Å². The van der Waals surface area contributed by atoms with Gasteiger partial charge < -0.3 is 20.5 Å². The highest BCUT2D eigenvalue weighted by molar-refractivity contribution is 6.03. The van der Waals surface area contributed by atoms with Gasteiger partial charge in [0, 0.05) is 36.6 Å². The molecule has 1 unspecified atom stereocenters. The zero-order valence-corrected chi connectivity index (χ0v) is 17.2. The largest absolute Gasteiger partial charge is 0.362 e. The lowest BCUT2D eigenvalue weighted by atomic mass is 9.94. The molecule has 2 aromatic rings. The maximum absolute atomic E-state index is 12.7. The lowest BCUT2D eigenvalue weighted by Crippen LogP contribution is -2.35. The fourth-order valence-corrected chi connectivity index (χ4v) is 4.00. The van der Waals surface area contributed by atoms with Crippen LogP contribution in [0.4, 0.5) is 5.69 Å². The number of likely N-dealkylation sites (N-methyl/N-ethyl adjacent to an activating group) is 1. The van der Waals surface area contributed by atoms with E-state index in [1.165, 1.54) is 0 Å². The summed E-state index contributed by atoms with van der Waals surface area (Å²) < 4.78 is 0. The molecule has 3 rings (SSSR count). The molecule has 0 bridgehead atoms. The molecule has 0 spiro atoms. The van der Waals surface area contributed by atoms with Crippen molar-refractivity contribution in [1.82, 2.24) is 15.2 Å². The van der Waals surface area contributed by atoms with Crippen LogP contribution in [0.15, 0.2) is 24.3 Å². The Morgan fingerprint density at radius 3 is 2.61 bits per heavy atom. The number of nitrogens with zero attached hydrogens (tertiary/aromatic N) is 1. The minimum absolute atomic E-state index is 0.0121. The van der Waals surface area contributed by atoms with Crippen molar-refractivity contribution in [3.05, 3.63) is 52.3 Å². The molecule has 28 heavy (non-hydrogen) atoms. The highest BCUT2D eigenvalue weighted by atomic mass is 16.2. The van der Waals surface area contributed by atoms with Crippen LogP contribution >= 0.6 is 0 Å². The quantitative estimate of drug-likeness (QED) is 0.657. The van der Waals surface area contributed by atoms with Crippen LogP contribution in [0.2, 0.25) is 0 Å². The van der Waals surface area contributed by atoms with E-state index in [0.717, 1.165) is 47.8 Å². The first-order valence-electron chi connectivity index (χ1n) is 10.0. The molecule has 0 aliphatic carbocycles. The normalized spacial score (nSPS) is 15.6. The number of hydrogen-bond donors (Lipinski definition) is 3. The van der Waals surface area contributed by atoms with Crippen LogP contribution in [0.25, 0.3) is 0 Å². The molecule has 3 N–H and O–H groups in total. The van der Waals surface area contributed by atoms with Gasteiger partial charge in [-0.15, -0.1) is 0 Å². The lowest BCUT2D eigenvalue weighted by Gasteiger charge is -2.18. The molecule has 1 aliphatic rings. The second-order valence-corrected chi connectivity index (χ2v) is 7.34. The van der Waals surface area contributed by atoms with E-state index >= 15 is 0 Å². The third-order valence-corrected chi connectivity index (χ3v) is 5.69. The van der Waals surface area contributed by atoms with E-state index < -0.39 is 0 Å². The van der Waals surface area contributed by atoms with Gasteiger partial charge in [-0.3, -0.25) is 9.59 Å². The van der Waals surface area contributed by atoms with Gasteiger partial charge in [-0.05, 0) is 44.1 Å². The Morgan fingerprint density at radius 2 is 1.89 bits per heavy atom. The zero-order valence-electron chi connectivity index (χ0n) is 17.2. The van der Waals surface area contributed by atoms with E-state index in [1.807, 2.05) is 38.1 Å². The van der Waals surface area contributed by atoms with Gasteiger partial charge >= 0.3 is 0 Å². The number of hydrogen-bond acceptors (Lipinski definition) is 3. The number of aryl methyl sites for hydroxylation is 1. The number of aromatic amines is 1. The number of fused-ring (bicyclic) bond motifs is 1. The number of amides is 2. The third kappa shape index (κ3) is 3.97. The monoisotopic (exact) mass is 382 g/mol. The van der Waals surface area contributed by atoms with Gasteiger partial charge in [0.05, 0.1) is 11.5 Å². The molecule has 1 aromatic carbocycles. The molecule has 150 valence electrons. The fraction of sp³-hybridized carbons (Fsp3) is 0.455. The highest BCUT2D eigenvalue weighted by Crippen LogP contribution is 2.35. The van der Waals surface area contributed by atoms with Gasteiger partial charge in [0.25, 0.3) is 5.91 Å². The maximum atomic E-state index is 12.7. The van der Waals surface area contributed by atoms with E-state index in [0.29, 0.717) is 18.5 Å². The van der Waals surface area contributed by atoms with Crippen molar-refractivity contribution < 1.29 is 9.59 Å². The minimum Gasteiger partial charge on any atom is -0.362 e. The molecule has 2 heterocycles. The summed E-state index contributed by atoms with van der Waals surface area (Å²) in [6, 6.07) is 7.79. The van der Waals surface area contributed by atoms with Crippen LogP contribution < -0.4 is 10.6 Å². The average molecular weight is 383 g/mol. The van der Waals surface area contributed by atoms with E-state index in [2.05, 4.69) is 34.4 Å². The minimum atomic E-state index is -0.230. The van der Waals surface area contributed by atoms with Crippen LogP contribution in [0.3, 0.4) is 0 Å². The van der Waals surface area contributed by atoms with Crippen LogP contribution in [0.5, 0.6) is 0 Å². The summed E-state index contributed by atoms with van der Waals surface area (Å²) in [6.07, 6.45) is 0.558. The van der Waals surface area contributed by atoms with Crippen LogP contribution in [0, 0.1) is 13.8 Å². The molecule has 2 amide bonds. The Morgan fingerprint density at radius 1 is 1.18 bits per heavy atom. The zero-order chi connectivity index (χ0) is 20.3. The second kappa shape index (κ2) is 8.61. The lowest BCUT2D eigenvalue weighted by molar-refractivity contribution is -0.117. The fourth-order valence-electron chi connectivity index (χ4n) is 4.00. The number of H-pyrrole nitrogens is 1. The van der Waals surface area contributed by atoms with Crippen LogP contribution in [0.1, 0.15) is 52.6 Å². The number of carbonyl (C=O) groups excluding carboxylic acids is 2.